The standard InChI is InChI=1S/C41H44N6O5S/c1-8-38-43-39-26(3)20-30(41-42-34-15-11-12-16-35(34)45(41)6)22-36(39)46(38)23-29-18-19-32(31(21-29)24-51-9-2)33-14-10-13-17-37(33)53(48,49)47(25-50-7)40-27(4)28(5)52-44-40/h10-22H,8-9,23-25H2,1-7H3. The minimum absolute atomic E-state index is 0.126. The SMILES string of the molecule is CCOCc1cc(Cn2c(CC)nc3c(C)cc(-c4nc5ccccc5n4C)cc32)ccc1-c1ccccc1S(=O)(=O)N(COC)c1noc(C)c1C. The van der Waals surface area contributed by atoms with Crippen LogP contribution in [0.1, 0.15) is 47.7 Å². The number of aryl methyl sites for hydroxylation is 4. The van der Waals surface area contributed by atoms with E-state index in [1.807, 2.05) is 43.3 Å². The van der Waals surface area contributed by atoms with Crippen LogP contribution in [0.4, 0.5) is 5.82 Å². The molecule has 274 valence electrons. The predicted molar refractivity (Wildman–Crippen MR) is 207 cm³/mol. The lowest BCUT2D eigenvalue weighted by molar-refractivity contribution is 0.134. The summed E-state index contributed by atoms with van der Waals surface area (Å²) >= 11 is 0. The molecule has 4 aromatic carbocycles. The average molecular weight is 733 g/mol. The minimum Gasteiger partial charge on any atom is -0.377 e. The van der Waals surface area contributed by atoms with Gasteiger partial charge in [0.25, 0.3) is 10.0 Å². The lowest BCUT2D eigenvalue weighted by Gasteiger charge is -2.23. The Bertz CT molecular complexity index is 2570. The zero-order chi connectivity index (χ0) is 37.4. The van der Waals surface area contributed by atoms with Gasteiger partial charge in [-0.25, -0.2) is 22.7 Å². The van der Waals surface area contributed by atoms with E-state index in [2.05, 4.69) is 65.5 Å². The minimum atomic E-state index is -4.14. The number of rotatable bonds is 13. The number of nitrogens with zero attached hydrogens (tertiary/aromatic N) is 6. The topological polar surface area (TPSA) is 118 Å². The molecule has 0 unspecified atom stereocenters. The summed E-state index contributed by atoms with van der Waals surface area (Å²) in [6.45, 7) is 10.8. The number of para-hydroxylation sites is 2. The number of anilines is 1. The highest BCUT2D eigenvalue weighted by molar-refractivity contribution is 7.93. The Morgan fingerprint density at radius 3 is 2.38 bits per heavy atom. The first-order valence-corrected chi connectivity index (χ1v) is 19.2. The molecule has 3 aromatic heterocycles. The molecule has 7 rings (SSSR count). The molecule has 0 fully saturated rings. The van der Waals surface area contributed by atoms with E-state index in [0.29, 0.717) is 36.6 Å². The molecule has 53 heavy (non-hydrogen) atoms. The molecule has 11 nitrogen and oxygen atoms in total. The molecule has 0 bridgehead atoms. The lowest BCUT2D eigenvalue weighted by Crippen LogP contribution is -2.34. The molecule has 3 heterocycles. The molecule has 0 atom stereocenters. The molecule has 0 saturated carbocycles. The smallest absolute Gasteiger partial charge is 0.268 e. The summed E-state index contributed by atoms with van der Waals surface area (Å²) in [5, 5.41) is 4.07. The van der Waals surface area contributed by atoms with Gasteiger partial charge in [0.1, 0.15) is 24.1 Å². The quantitative estimate of drug-likeness (QED) is 0.109. The van der Waals surface area contributed by atoms with Crippen LogP contribution in [0.15, 0.2) is 88.3 Å². The van der Waals surface area contributed by atoms with Crippen LogP contribution >= 0.6 is 0 Å². The van der Waals surface area contributed by atoms with E-state index in [0.717, 1.165) is 72.3 Å². The van der Waals surface area contributed by atoms with Crippen LogP contribution in [0.3, 0.4) is 0 Å². The van der Waals surface area contributed by atoms with E-state index in [1.165, 1.54) is 7.11 Å². The third-order valence-corrected chi connectivity index (χ3v) is 11.6. The maximum Gasteiger partial charge on any atom is 0.268 e. The van der Waals surface area contributed by atoms with Gasteiger partial charge in [0.05, 0.1) is 33.6 Å². The Morgan fingerprint density at radius 1 is 0.887 bits per heavy atom. The van der Waals surface area contributed by atoms with Crippen LogP contribution in [0, 0.1) is 20.8 Å². The molecular formula is C41H44N6O5S. The van der Waals surface area contributed by atoms with Crippen LogP contribution in [0.2, 0.25) is 0 Å². The van der Waals surface area contributed by atoms with Crippen LogP contribution < -0.4 is 4.31 Å². The number of sulfonamides is 1. The number of fused-ring (bicyclic) bond motifs is 2. The molecule has 0 aliphatic carbocycles. The number of aromatic nitrogens is 5. The first-order valence-electron chi connectivity index (χ1n) is 17.7. The van der Waals surface area contributed by atoms with E-state index >= 15 is 0 Å². The zero-order valence-corrected chi connectivity index (χ0v) is 32.0. The van der Waals surface area contributed by atoms with Crippen molar-refractivity contribution in [1.29, 1.82) is 0 Å². The van der Waals surface area contributed by atoms with E-state index in [-0.39, 0.29) is 17.4 Å². The molecular weight excluding hydrogens is 689 g/mol. The van der Waals surface area contributed by atoms with Gasteiger partial charge in [0, 0.05) is 50.4 Å². The third-order valence-electron chi connectivity index (χ3n) is 9.82. The van der Waals surface area contributed by atoms with Crippen molar-refractivity contribution in [3.8, 4) is 22.5 Å². The second kappa shape index (κ2) is 14.6. The monoisotopic (exact) mass is 732 g/mol. The van der Waals surface area contributed by atoms with E-state index in [1.54, 1.807) is 26.0 Å². The first-order chi connectivity index (χ1) is 25.6. The van der Waals surface area contributed by atoms with Gasteiger partial charge in [0.2, 0.25) is 0 Å². The summed E-state index contributed by atoms with van der Waals surface area (Å²) in [6, 6.07) is 25.7. The maximum atomic E-state index is 14.4. The molecule has 0 saturated heterocycles. The van der Waals surface area contributed by atoms with Crippen molar-refractivity contribution < 1.29 is 22.4 Å². The largest absolute Gasteiger partial charge is 0.377 e. The fourth-order valence-electron chi connectivity index (χ4n) is 6.98. The normalized spacial score (nSPS) is 12.0. The first kappa shape index (κ1) is 36.1. The van der Waals surface area contributed by atoms with E-state index < -0.39 is 10.0 Å². The maximum absolute atomic E-state index is 14.4. The van der Waals surface area contributed by atoms with Gasteiger partial charge in [-0.2, -0.15) is 0 Å². The fraction of sp³-hybridized carbons (Fsp3) is 0.293. The number of hydrogen-bond donors (Lipinski definition) is 0. The van der Waals surface area contributed by atoms with Crippen molar-refractivity contribution in [3.05, 3.63) is 113 Å². The molecule has 0 aliphatic heterocycles. The van der Waals surface area contributed by atoms with Crippen molar-refractivity contribution >= 4 is 37.9 Å². The van der Waals surface area contributed by atoms with Crippen molar-refractivity contribution in [2.75, 3.05) is 24.8 Å². The molecule has 0 radical (unpaired) electrons. The van der Waals surface area contributed by atoms with Gasteiger partial charge in [0.15, 0.2) is 5.82 Å². The van der Waals surface area contributed by atoms with Crippen molar-refractivity contribution in [2.45, 2.75) is 59.1 Å². The summed E-state index contributed by atoms with van der Waals surface area (Å²) in [6.07, 6.45) is 0.757. The molecule has 0 aliphatic rings. The Kier molecular flexibility index (Phi) is 9.95. The number of methoxy groups -OCH3 is 1. The van der Waals surface area contributed by atoms with Gasteiger partial charge in [-0.15, -0.1) is 0 Å². The predicted octanol–water partition coefficient (Wildman–Crippen LogP) is 8.12. The number of benzene rings is 4. The summed E-state index contributed by atoms with van der Waals surface area (Å²) in [7, 11) is -0.642. The van der Waals surface area contributed by atoms with Gasteiger partial charge in [-0.05, 0) is 80.3 Å². The molecule has 0 amide bonds. The van der Waals surface area contributed by atoms with Gasteiger partial charge >= 0.3 is 0 Å². The van der Waals surface area contributed by atoms with Crippen molar-refractivity contribution in [3.63, 3.8) is 0 Å². The van der Waals surface area contributed by atoms with Crippen LogP contribution in [0.5, 0.6) is 0 Å². The molecule has 0 N–H and O–H groups in total. The average Bonchev–Trinajstić information content (AvgIpc) is 3.81. The van der Waals surface area contributed by atoms with Gasteiger partial charge < -0.3 is 23.1 Å². The number of imidazole rings is 2. The Hall–Kier alpha value is -5.30. The van der Waals surface area contributed by atoms with Gasteiger partial charge in [-0.1, -0.05) is 60.6 Å². The Balaban J connectivity index is 1.31. The Labute approximate surface area is 309 Å². The fourth-order valence-corrected chi connectivity index (χ4v) is 8.56. The van der Waals surface area contributed by atoms with Crippen LogP contribution in [-0.4, -0.2) is 53.1 Å². The van der Waals surface area contributed by atoms with Crippen molar-refractivity contribution in [2.24, 2.45) is 7.05 Å². The number of ether oxygens (including phenoxy) is 2. The third kappa shape index (κ3) is 6.51. The van der Waals surface area contributed by atoms with Crippen LogP contribution in [-0.2, 0) is 46.1 Å². The van der Waals surface area contributed by atoms with E-state index in [4.69, 9.17) is 24.0 Å². The lowest BCUT2D eigenvalue weighted by atomic mass is 9.97. The zero-order valence-electron chi connectivity index (χ0n) is 31.2. The summed E-state index contributed by atoms with van der Waals surface area (Å²) in [5.41, 5.74) is 10.00. The number of hydrogen-bond acceptors (Lipinski definition) is 8. The second-order valence-electron chi connectivity index (χ2n) is 13.2. The van der Waals surface area contributed by atoms with Crippen molar-refractivity contribution in [1.82, 2.24) is 24.3 Å². The highest BCUT2D eigenvalue weighted by Gasteiger charge is 2.32. The summed E-state index contributed by atoms with van der Waals surface area (Å²) in [5.74, 6) is 2.61. The van der Waals surface area contributed by atoms with Gasteiger partial charge in [-0.3, -0.25) is 0 Å². The second-order valence-corrected chi connectivity index (χ2v) is 15.0. The Morgan fingerprint density at radius 2 is 1.66 bits per heavy atom. The summed E-state index contributed by atoms with van der Waals surface area (Å²) in [4.78, 5) is 10.2. The molecule has 0 spiro atoms. The van der Waals surface area contributed by atoms with E-state index in [9.17, 15) is 8.42 Å². The highest BCUT2D eigenvalue weighted by Crippen LogP contribution is 2.36. The summed E-state index contributed by atoms with van der Waals surface area (Å²) < 4.78 is 51.1. The van der Waals surface area contributed by atoms with Crippen LogP contribution in [0.25, 0.3) is 44.6 Å². The molecule has 12 heteroatoms. The highest BCUT2D eigenvalue weighted by atomic mass is 32.2. The molecule has 7 aromatic rings.